The summed E-state index contributed by atoms with van der Waals surface area (Å²) >= 11 is 0. The van der Waals surface area contributed by atoms with Crippen molar-refractivity contribution in [3.8, 4) is 0 Å². The van der Waals surface area contributed by atoms with Crippen molar-refractivity contribution in [2.45, 2.75) is 77.4 Å². The van der Waals surface area contributed by atoms with E-state index in [1.54, 1.807) is 6.92 Å². The smallest absolute Gasteiger partial charge is 0.320 e. The molecule has 0 radical (unpaired) electrons. The van der Waals surface area contributed by atoms with Crippen molar-refractivity contribution >= 4 is 17.8 Å². The fourth-order valence-corrected chi connectivity index (χ4v) is 6.38. The first-order valence-corrected chi connectivity index (χ1v) is 11.8. The van der Waals surface area contributed by atoms with E-state index in [0.717, 1.165) is 25.9 Å². The fourth-order valence-electron chi connectivity index (χ4n) is 6.38. The van der Waals surface area contributed by atoms with Gasteiger partial charge in [0.25, 0.3) is 0 Å². The van der Waals surface area contributed by atoms with Gasteiger partial charge in [0.1, 0.15) is 6.10 Å². The highest BCUT2D eigenvalue weighted by molar-refractivity contribution is 5.90. The predicted octanol–water partition coefficient (Wildman–Crippen LogP) is 1.81. The molecule has 31 heavy (non-hydrogen) atoms. The van der Waals surface area contributed by atoms with Gasteiger partial charge in [0.15, 0.2) is 6.29 Å². The first kappa shape index (κ1) is 22.5. The van der Waals surface area contributed by atoms with Crippen molar-refractivity contribution < 1.29 is 28.6 Å². The molecule has 8 nitrogen and oxygen atoms in total. The van der Waals surface area contributed by atoms with Crippen LogP contribution in [0.15, 0.2) is 0 Å². The summed E-state index contributed by atoms with van der Waals surface area (Å²) < 4.78 is 16.6. The molecular weight excluding hydrogens is 400 g/mol. The quantitative estimate of drug-likeness (QED) is 0.444. The molecule has 2 bridgehead atoms. The van der Waals surface area contributed by atoms with E-state index in [1.807, 2.05) is 18.7 Å². The molecule has 0 aromatic carbocycles. The highest BCUT2D eigenvalue weighted by Crippen LogP contribution is 2.60. The third kappa shape index (κ3) is 4.09. The molecule has 0 spiro atoms. The van der Waals surface area contributed by atoms with Gasteiger partial charge in [-0.3, -0.25) is 19.3 Å². The van der Waals surface area contributed by atoms with Gasteiger partial charge in [0, 0.05) is 19.1 Å². The largest absolute Gasteiger partial charge is 0.459 e. The van der Waals surface area contributed by atoms with Crippen LogP contribution in [0.2, 0.25) is 0 Å². The molecule has 0 aromatic heterocycles. The second-order valence-corrected chi connectivity index (χ2v) is 9.83. The lowest BCUT2D eigenvalue weighted by molar-refractivity contribution is -0.182. The molecule has 2 aliphatic carbocycles. The Morgan fingerprint density at radius 2 is 1.74 bits per heavy atom. The molecule has 1 amide bonds. The molecular formula is C23H36N2O6. The van der Waals surface area contributed by atoms with Crippen molar-refractivity contribution in [3.63, 3.8) is 0 Å². The number of hydrogen-bond donors (Lipinski definition) is 0. The van der Waals surface area contributed by atoms with Crippen LogP contribution in [0.3, 0.4) is 0 Å². The number of hydrogen-bond acceptors (Lipinski definition) is 7. The number of ether oxygens (including phenoxy) is 3. The summed E-state index contributed by atoms with van der Waals surface area (Å²) in [6.07, 6.45) is 4.20. The monoisotopic (exact) mass is 436 g/mol. The molecule has 174 valence electrons. The van der Waals surface area contributed by atoms with E-state index in [1.165, 1.54) is 20.0 Å². The molecule has 7 unspecified atom stereocenters. The van der Waals surface area contributed by atoms with Crippen molar-refractivity contribution in [2.75, 3.05) is 26.7 Å². The Balaban J connectivity index is 1.52. The van der Waals surface area contributed by atoms with Crippen LogP contribution < -0.4 is 0 Å². The van der Waals surface area contributed by atoms with Crippen LogP contribution in [0.25, 0.3) is 0 Å². The summed E-state index contributed by atoms with van der Waals surface area (Å²) in [6.45, 7) is 7.72. The van der Waals surface area contributed by atoms with E-state index in [2.05, 4.69) is 4.90 Å². The van der Waals surface area contributed by atoms with Crippen LogP contribution in [0.5, 0.6) is 0 Å². The number of carbonyl (C=O) groups excluding carboxylic acids is 3. The first-order valence-electron chi connectivity index (χ1n) is 11.8. The van der Waals surface area contributed by atoms with Crippen LogP contribution in [-0.4, -0.2) is 78.9 Å². The number of esters is 2. The van der Waals surface area contributed by atoms with E-state index in [4.69, 9.17) is 14.2 Å². The minimum Gasteiger partial charge on any atom is -0.459 e. The lowest BCUT2D eigenvalue weighted by Gasteiger charge is -2.36. The number of nitrogens with zero attached hydrogens (tertiary/aromatic N) is 2. The fraction of sp³-hybridized carbons (Fsp3) is 0.870. The van der Waals surface area contributed by atoms with E-state index >= 15 is 0 Å². The maximum atomic E-state index is 13.3. The molecule has 7 atom stereocenters. The van der Waals surface area contributed by atoms with Crippen LogP contribution in [-0.2, 0) is 28.6 Å². The Hall–Kier alpha value is -1.67. The van der Waals surface area contributed by atoms with Gasteiger partial charge in [0.2, 0.25) is 5.91 Å². The number of rotatable bonds is 7. The van der Waals surface area contributed by atoms with Crippen LogP contribution >= 0.6 is 0 Å². The van der Waals surface area contributed by atoms with Crippen molar-refractivity contribution in [1.29, 1.82) is 0 Å². The van der Waals surface area contributed by atoms with Crippen molar-refractivity contribution in [2.24, 2.45) is 23.7 Å². The van der Waals surface area contributed by atoms with Gasteiger partial charge < -0.3 is 19.1 Å². The summed E-state index contributed by atoms with van der Waals surface area (Å²) in [4.78, 5) is 43.1. The summed E-state index contributed by atoms with van der Waals surface area (Å²) in [5, 5.41) is 0. The zero-order valence-corrected chi connectivity index (χ0v) is 19.1. The number of carbonyl (C=O) groups is 3. The predicted molar refractivity (Wildman–Crippen MR) is 112 cm³/mol. The highest BCUT2D eigenvalue weighted by atomic mass is 16.7. The first-order chi connectivity index (χ1) is 14.8. The highest BCUT2D eigenvalue weighted by Gasteiger charge is 2.71. The average Bonchev–Trinajstić information content (AvgIpc) is 3.23. The lowest BCUT2D eigenvalue weighted by atomic mass is 9.78. The Kier molecular flexibility index (Phi) is 6.58. The number of likely N-dealkylation sites (tertiary alicyclic amines) is 2. The van der Waals surface area contributed by atoms with Gasteiger partial charge >= 0.3 is 11.9 Å². The zero-order chi connectivity index (χ0) is 22.3. The molecule has 8 heteroatoms. The van der Waals surface area contributed by atoms with Crippen molar-refractivity contribution in [3.05, 3.63) is 0 Å². The average molecular weight is 437 g/mol. The Bertz CT molecular complexity index is 704. The van der Waals surface area contributed by atoms with Crippen LogP contribution in [0.4, 0.5) is 0 Å². The van der Waals surface area contributed by atoms with E-state index in [-0.39, 0.29) is 48.3 Å². The maximum Gasteiger partial charge on any atom is 0.320 e. The molecule has 0 aromatic rings. The lowest BCUT2D eigenvalue weighted by Crippen LogP contribution is -2.49. The number of methoxy groups -OCH3 is 1. The molecule has 2 saturated carbocycles. The minimum absolute atomic E-state index is 0.00872. The van der Waals surface area contributed by atoms with E-state index in [0.29, 0.717) is 6.42 Å². The standard InChI is InChI=1S/C23H36N2O6/c1-13(2)25-20-15-11-16(19(18(15)22(25)27)23(28)30-14(3)29-4)21(20)31-17(26)12-24-9-7-5-6-8-10-24/h13-16,18-21H,5-12H2,1-4H3. The SMILES string of the molecule is COC(C)OC(=O)C1C2CC3C1C(=O)N(C(C)C)C3C2OC(=O)CN1CCCCCC1. The maximum absolute atomic E-state index is 13.3. The summed E-state index contributed by atoms with van der Waals surface area (Å²) in [7, 11) is 1.48. The normalized spacial score (nSPS) is 36.0. The van der Waals surface area contributed by atoms with Gasteiger partial charge in [-0.05, 0) is 59.0 Å². The van der Waals surface area contributed by atoms with E-state index < -0.39 is 24.3 Å². The summed E-state index contributed by atoms with van der Waals surface area (Å²) in [5.41, 5.74) is 0. The Labute approximate surface area is 184 Å². The van der Waals surface area contributed by atoms with Gasteiger partial charge in [-0.2, -0.15) is 0 Å². The second kappa shape index (κ2) is 9.06. The molecule has 2 aliphatic heterocycles. The Morgan fingerprint density at radius 3 is 2.35 bits per heavy atom. The minimum atomic E-state index is -0.677. The zero-order valence-electron chi connectivity index (χ0n) is 19.1. The third-order valence-corrected chi connectivity index (χ3v) is 7.67. The van der Waals surface area contributed by atoms with Crippen LogP contribution in [0, 0.1) is 23.7 Å². The van der Waals surface area contributed by atoms with Gasteiger partial charge in [0.05, 0.1) is 24.4 Å². The topological polar surface area (TPSA) is 85.4 Å². The molecule has 0 N–H and O–H groups in total. The molecule has 4 fully saturated rings. The number of fused-ring (bicyclic) bond motifs is 1. The van der Waals surface area contributed by atoms with Crippen molar-refractivity contribution in [1.82, 2.24) is 9.80 Å². The second-order valence-electron chi connectivity index (χ2n) is 9.83. The Morgan fingerprint density at radius 1 is 1.06 bits per heavy atom. The van der Waals surface area contributed by atoms with Gasteiger partial charge in [-0.1, -0.05) is 12.8 Å². The number of amides is 1. The van der Waals surface area contributed by atoms with Gasteiger partial charge in [-0.25, -0.2) is 0 Å². The molecule has 4 aliphatic rings. The summed E-state index contributed by atoms with van der Waals surface area (Å²) in [6, 6.07) is -0.150. The molecule has 4 rings (SSSR count). The van der Waals surface area contributed by atoms with E-state index in [9.17, 15) is 14.4 Å². The molecule has 2 heterocycles. The van der Waals surface area contributed by atoms with Gasteiger partial charge in [-0.15, -0.1) is 0 Å². The molecule has 2 saturated heterocycles. The summed E-state index contributed by atoms with van der Waals surface area (Å²) in [5.74, 6) is -1.79. The third-order valence-electron chi connectivity index (χ3n) is 7.67. The van der Waals surface area contributed by atoms with Crippen LogP contribution in [0.1, 0.15) is 52.9 Å².